The molecule has 0 bridgehead atoms. The minimum absolute atomic E-state index is 0.0509. The first-order chi connectivity index (χ1) is 18.6. The first kappa shape index (κ1) is 26.7. The highest BCUT2D eigenvalue weighted by atomic mass is 35.5. The van der Waals surface area contributed by atoms with Crippen LogP contribution in [0.2, 0.25) is 5.02 Å². The van der Waals surface area contributed by atoms with Gasteiger partial charge in [-0.3, -0.25) is 29.4 Å². The first-order valence-corrected chi connectivity index (χ1v) is 13.6. The zero-order valence-corrected chi connectivity index (χ0v) is 22.9. The minimum atomic E-state index is -0.539. The molecule has 9 nitrogen and oxygen atoms in total. The van der Waals surface area contributed by atoms with Crippen LogP contribution in [0, 0.1) is 24.0 Å². The maximum absolute atomic E-state index is 13.1. The number of hydrogen-bond donors (Lipinski definition) is 0. The molecule has 3 aromatic rings. The number of nitrogens with zero attached hydrogens (tertiary/aromatic N) is 4. The Labute approximate surface area is 234 Å². The molecule has 1 aromatic heterocycles. The highest BCUT2D eigenvalue weighted by Gasteiger charge is 2.36. The van der Waals surface area contributed by atoms with E-state index in [0.717, 1.165) is 54.0 Å². The maximum atomic E-state index is 13.1. The molecular formula is C28H25ClN4O5S. The van der Waals surface area contributed by atoms with Crippen LogP contribution in [-0.4, -0.2) is 51.0 Å². The molecule has 2 aliphatic heterocycles. The number of ketones is 1. The number of nitro groups is 1. The predicted octanol–water partition coefficient (Wildman–Crippen LogP) is 6.18. The number of carbonyl (C=O) groups excluding carboxylic acids is 3. The van der Waals surface area contributed by atoms with E-state index in [2.05, 4.69) is 0 Å². The average Bonchev–Trinajstić information content (AvgIpc) is 3.60. The summed E-state index contributed by atoms with van der Waals surface area (Å²) in [4.78, 5) is 53.0. The van der Waals surface area contributed by atoms with E-state index in [4.69, 9.17) is 11.6 Å². The van der Waals surface area contributed by atoms with Crippen molar-refractivity contribution in [3.05, 3.63) is 91.1 Å². The normalized spacial score (nSPS) is 16.5. The number of rotatable bonds is 7. The van der Waals surface area contributed by atoms with E-state index in [1.54, 1.807) is 42.5 Å². The Morgan fingerprint density at radius 3 is 2.44 bits per heavy atom. The van der Waals surface area contributed by atoms with Crippen LogP contribution in [0.15, 0.2) is 53.4 Å². The Balaban J connectivity index is 1.41. The molecule has 11 heteroatoms. The van der Waals surface area contributed by atoms with E-state index in [1.807, 2.05) is 35.4 Å². The quantitative estimate of drug-likeness (QED) is 0.146. The fourth-order valence-corrected chi connectivity index (χ4v) is 5.96. The fourth-order valence-electron chi connectivity index (χ4n) is 5.00. The molecule has 0 aliphatic carbocycles. The zero-order chi connectivity index (χ0) is 27.8. The van der Waals surface area contributed by atoms with Gasteiger partial charge in [0.15, 0.2) is 5.78 Å². The Kier molecular flexibility index (Phi) is 7.33. The number of benzene rings is 2. The Morgan fingerprint density at radius 1 is 1.08 bits per heavy atom. The monoisotopic (exact) mass is 564 g/mol. The molecule has 2 aromatic carbocycles. The smallest absolute Gasteiger partial charge is 0.294 e. The van der Waals surface area contributed by atoms with Crippen LogP contribution < -0.4 is 4.90 Å². The van der Waals surface area contributed by atoms with Crippen molar-refractivity contribution in [1.82, 2.24) is 9.47 Å². The molecule has 2 amide bonds. The van der Waals surface area contributed by atoms with E-state index in [0.29, 0.717) is 27.5 Å². The highest BCUT2D eigenvalue weighted by molar-refractivity contribution is 8.18. The lowest BCUT2D eigenvalue weighted by atomic mass is 10.1. The van der Waals surface area contributed by atoms with Crippen LogP contribution in [0.5, 0.6) is 0 Å². The maximum Gasteiger partial charge on any atom is 0.294 e. The molecule has 0 saturated carbocycles. The van der Waals surface area contributed by atoms with Gasteiger partial charge in [0.1, 0.15) is 5.69 Å². The van der Waals surface area contributed by atoms with Crippen LogP contribution in [0.1, 0.15) is 40.2 Å². The summed E-state index contributed by atoms with van der Waals surface area (Å²) in [7, 11) is 0. The van der Waals surface area contributed by atoms with Gasteiger partial charge in [0.2, 0.25) is 0 Å². The first-order valence-electron chi connectivity index (χ1n) is 12.4. The van der Waals surface area contributed by atoms with Gasteiger partial charge >= 0.3 is 0 Å². The molecule has 3 heterocycles. The van der Waals surface area contributed by atoms with Crippen LogP contribution in [0.3, 0.4) is 0 Å². The number of aromatic nitrogens is 1. The van der Waals surface area contributed by atoms with Crippen molar-refractivity contribution in [2.75, 3.05) is 24.5 Å². The van der Waals surface area contributed by atoms with Gasteiger partial charge in [-0.15, -0.1) is 0 Å². The number of Topliss-reactive ketones (excluding diaryl/α,β-unsaturated/α-hetero) is 1. The Morgan fingerprint density at radius 2 is 1.77 bits per heavy atom. The number of amides is 2. The Hall–Kier alpha value is -3.89. The van der Waals surface area contributed by atoms with E-state index in [-0.39, 0.29) is 27.8 Å². The van der Waals surface area contributed by atoms with Gasteiger partial charge in [0, 0.05) is 41.1 Å². The third kappa shape index (κ3) is 5.22. The molecule has 39 heavy (non-hydrogen) atoms. The molecule has 0 N–H and O–H groups in total. The lowest BCUT2D eigenvalue weighted by molar-refractivity contribution is -0.384. The van der Waals surface area contributed by atoms with Crippen LogP contribution in [0.4, 0.5) is 16.2 Å². The van der Waals surface area contributed by atoms with Crippen LogP contribution in [0.25, 0.3) is 11.8 Å². The van der Waals surface area contributed by atoms with Gasteiger partial charge in [0.05, 0.1) is 22.1 Å². The standard InChI is InChI=1S/C28H25ClN4O5S/c1-17-13-20(14-26-27(35)31(28(36)39-26)16-25(34)19-5-7-21(29)8-6-19)18(2)32(17)22-9-10-23(24(15-22)33(37)38)30-11-3-4-12-30/h5-10,13-15H,3-4,11-12,16H2,1-2H3/b26-14-. The fraction of sp³-hybridized carbons (Fsp3) is 0.250. The third-order valence-corrected chi connectivity index (χ3v) is 8.12. The van der Waals surface area contributed by atoms with Gasteiger partial charge in [-0.1, -0.05) is 11.6 Å². The topological polar surface area (TPSA) is 106 Å². The highest BCUT2D eigenvalue weighted by Crippen LogP contribution is 2.36. The number of imide groups is 1. The second kappa shape index (κ2) is 10.7. The summed E-state index contributed by atoms with van der Waals surface area (Å²) in [6.45, 7) is 4.96. The van der Waals surface area contributed by atoms with Gasteiger partial charge in [-0.05, 0) is 92.6 Å². The Bertz CT molecular complexity index is 1540. The van der Waals surface area contributed by atoms with Crippen molar-refractivity contribution in [3.8, 4) is 5.69 Å². The SMILES string of the molecule is Cc1cc(/C=C2\SC(=O)N(CC(=O)c3ccc(Cl)cc3)C2=O)c(C)n1-c1ccc(N2CCCC2)c([N+](=O)[O-])c1. The van der Waals surface area contributed by atoms with Gasteiger partial charge in [0.25, 0.3) is 16.8 Å². The molecule has 2 fully saturated rings. The molecule has 5 rings (SSSR count). The summed E-state index contributed by atoms with van der Waals surface area (Å²) in [5.74, 6) is -0.907. The number of carbonyl (C=O) groups is 3. The van der Waals surface area contributed by atoms with Gasteiger partial charge in [-0.2, -0.15) is 0 Å². The summed E-state index contributed by atoms with van der Waals surface area (Å²) < 4.78 is 1.89. The van der Waals surface area contributed by atoms with Crippen molar-refractivity contribution in [1.29, 1.82) is 0 Å². The second-order valence-corrected chi connectivity index (χ2v) is 10.9. The summed E-state index contributed by atoms with van der Waals surface area (Å²) in [5.41, 5.74) is 3.95. The molecule has 200 valence electrons. The van der Waals surface area contributed by atoms with E-state index >= 15 is 0 Å². The summed E-state index contributed by atoms with van der Waals surface area (Å²) >= 11 is 6.65. The molecule has 0 radical (unpaired) electrons. The molecular weight excluding hydrogens is 540 g/mol. The van der Waals surface area contributed by atoms with Gasteiger partial charge in [-0.25, -0.2) is 0 Å². The number of hydrogen-bond acceptors (Lipinski definition) is 7. The average molecular weight is 565 g/mol. The number of aryl methyl sites for hydroxylation is 1. The molecule has 0 spiro atoms. The lowest BCUT2D eigenvalue weighted by Crippen LogP contribution is -2.33. The van der Waals surface area contributed by atoms with Crippen molar-refractivity contribution >= 4 is 57.7 Å². The largest absolute Gasteiger partial charge is 0.366 e. The summed E-state index contributed by atoms with van der Waals surface area (Å²) in [6, 6.07) is 13.4. The van der Waals surface area contributed by atoms with Gasteiger partial charge < -0.3 is 9.47 Å². The van der Waals surface area contributed by atoms with Crippen LogP contribution >= 0.6 is 23.4 Å². The van der Waals surface area contributed by atoms with Crippen molar-refractivity contribution in [2.45, 2.75) is 26.7 Å². The zero-order valence-electron chi connectivity index (χ0n) is 21.3. The van der Waals surface area contributed by atoms with E-state index in [9.17, 15) is 24.5 Å². The van der Waals surface area contributed by atoms with Crippen LogP contribution in [-0.2, 0) is 4.79 Å². The lowest BCUT2D eigenvalue weighted by Gasteiger charge is -2.19. The molecule has 2 aliphatic rings. The number of thioether (sulfide) groups is 1. The second-order valence-electron chi connectivity index (χ2n) is 9.48. The van der Waals surface area contributed by atoms with E-state index < -0.39 is 11.1 Å². The molecule has 2 saturated heterocycles. The number of halogens is 1. The predicted molar refractivity (Wildman–Crippen MR) is 152 cm³/mol. The third-order valence-electron chi connectivity index (χ3n) is 6.96. The summed E-state index contributed by atoms with van der Waals surface area (Å²) in [5, 5.41) is 11.9. The minimum Gasteiger partial charge on any atom is -0.366 e. The van der Waals surface area contributed by atoms with E-state index in [1.165, 1.54) is 0 Å². The number of nitro benzene ring substituents is 1. The molecule has 0 atom stereocenters. The summed E-state index contributed by atoms with van der Waals surface area (Å²) in [6.07, 6.45) is 3.65. The number of anilines is 1. The van der Waals surface area contributed by atoms with Crippen molar-refractivity contribution in [2.24, 2.45) is 0 Å². The van der Waals surface area contributed by atoms with Crippen molar-refractivity contribution in [3.63, 3.8) is 0 Å². The molecule has 0 unspecified atom stereocenters. The van der Waals surface area contributed by atoms with Crippen molar-refractivity contribution < 1.29 is 19.3 Å².